The number of methoxy groups -OCH3 is 2. The molecule has 7 nitrogen and oxygen atoms in total. The fraction of sp³-hybridized carbons (Fsp3) is 0.214. The van der Waals surface area contributed by atoms with Crippen LogP contribution in [0.15, 0.2) is 18.2 Å². The number of anilines is 1. The van der Waals surface area contributed by atoms with Crippen LogP contribution in [0.1, 0.15) is 21.9 Å². The van der Waals surface area contributed by atoms with Gasteiger partial charge in [0, 0.05) is 6.07 Å². The van der Waals surface area contributed by atoms with Gasteiger partial charge >= 0.3 is 5.97 Å². The summed E-state index contributed by atoms with van der Waals surface area (Å²) in [7, 11) is 2.75. The summed E-state index contributed by atoms with van der Waals surface area (Å²) in [5.74, 6) is 0.512. The molecule has 0 amide bonds. The maximum absolute atomic E-state index is 11.6. The molecule has 1 aromatic heterocycles. The van der Waals surface area contributed by atoms with E-state index in [0.29, 0.717) is 22.8 Å². The maximum atomic E-state index is 11.6. The molecule has 0 aliphatic carbocycles. The zero-order chi connectivity index (χ0) is 15.6. The molecule has 2 aromatic rings. The molecule has 0 saturated heterocycles. The Labute approximate surface area is 121 Å². The van der Waals surface area contributed by atoms with Crippen LogP contribution in [0.3, 0.4) is 0 Å². The van der Waals surface area contributed by atoms with Crippen molar-refractivity contribution >= 4 is 11.8 Å². The molecule has 0 radical (unpaired) electrons. The van der Waals surface area contributed by atoms with E-state index in [-0.39, 0.29) is 11.5 Å². The highest BCUT2D eigenvalue weighted by atomic mass is 16.5. The predicted molar refractivity (Wildman–Crippen MR) is 75.3 cm³/mol. The molecule has 0 saturated carbocycles. The molecule has 2 rings (SSSR count). The number of carbonyl (C=O) groups is 1. The first-order chi connectivity index (χ1) is 10.0. The second-order valence-electron chi connectivity index (χ2n) is 4.22. The van der Waals surface area contributed by atoms with Crippen LogP contribution in [-0.2, 0) is 4.74 Å². The first kappa shape index (κ1) is 14.4. The van der Waals surface area contributed by atoms with Crippen molar-refractivity contribution in [2.45, 2.75) is 6.92 Å². The molecule has 0 aliphatic rings. The van der Waals surface area contributed by atoms with Gasteiger partial charge in [-0.2, -0.15) is 5.26 Å². The Morgan fingerprint density at radius 2 is 2.14 bits per heavy atom. The lowest BCUT2D eigenvalue weighted by atomic mass is 10.2. The Bertz CT molecular complexity index is 743. The van der Waals surface area contributed by atoms with Crippen LogP contribution in [0, 0.1) is 18.3 Å². The Kier molecular flexibility index (Phi) is 3.80. The number of imidazole rings is 1. The van der Waals surface area contributed by atoms with Crippen molar-refractivity contribution in [2.24, 2.45) is 0 Å². The number of esters is 1. The van der Waals surface area contributed by atoms with Crippen LogP contribution in [0.25, 0.3) is 5.69 Å². The van der Waals surface area contributed by atoms with Crippen LogP contribution in [0.2, 0.25) is 0 Å². The number of nitrogens with two attached hydrogens (primary N) is 1. The number of aromatic nitrogens is 2. The first-order valence-electron chi connectivity index (χ1n) is 6.05. The van der Waals surface area contributed by atoms with E-state index in [1.165, 1.54) is 14.2 Å². The van der Waals surface area contributed by atoms with Crippen molar-refractivity contribution in [3.05, 3.63) is 35.3 Å². The summed E-state index contributed by atoms with van der Waals surface area (Å²) in [6, 6.07) is 6.94. The van der Waals surface area contributed by atoms with Crippen LogP contribution in [-0.4, -0.2) is 29.7 Å². The summed E-state index contributed by atoms with van der Waals surface area (Å²) >= 11 is 0. The monoisotopic (exact) mass is 286 g/mol. The minimum absolute atomic E-state index is 0.0430. The third kappa shape index (κ3) is 2.39. The Morgan fingerprint density at radius 3 is 2.71 bits per heavy atom. The lowest BCUT2D eigenvalue weighted by Crippen LogP contribution is -2.08. The molecule has 7 heteroatoms. The Hall–Kier alpha value is -3.01. The number of benzene rings is 1. The molecule has 0 unspecified atom stereocenters. The van der Waals surface area contributed by atoms with Gasteiger partial charge in [-0.15, -0.1) is 0 Å². The highest BCUT2D eigenvalue weighted by molar-refractivity contribution is 5.92. The number of aryl methyl sites for hydroxylation is 1. The predicted octanol–water partition coefficient (Wildman–Crippen LogP) is 1.43. The average molecular weight is 286 g/mol. The van der Waals surface area contributed by atoms with E-state index in [1.54, 1.807) is 29.7 Å². The van der Waals surface area contributed by atoms with E-state index in [0.717, 1.165) is 0 Å². The molecule has 1 heterocycles. The molecule has 108 valence electrons. The van der Waals surface area contributed by atoms with E-state index in [2.05, 4.69) is 9.72 Å². The van der Waals surface area contributed by atoms with Crippen LogP contribution < -0.4 is 10.5 Å². The standard InChI is InChI=1S/C14H14N4O3/c1-8-17-12(14(19)21-3)13(16)18(8)10-5-4-9(7-15)6-11(10)20-2/h4-6H,16H2,1-3H3. The molecule has 0 fully saturated rings. The molecular formula is C14H14N4O3. The molecular weight excluding hydrogens is 272 g/mol. The van der Waals surface area contributed by atoms with E-state index < -0.39 is 5.97 Å². The van der Waals surface area contributed by atoms with Crippen molar-refractivity contribution in [2.75, 3.05) is 20.0 Å². The number of hydrogen-bond acceptors (Lipinski definition) is 6. The van der Waals surface area contributed by atoms with E-state index in [9.17, 15) is 4.79 Å². The summed E-state index contributed by atoms with van der Waals surface area (Å²) < 4.78 is 11.5. The van der Waals surface area contributed by atoms with Crippen LogP contribution >= 0.6 is 0 Å². The quantitative estimate of drug-likeness (QED) is 0.856. The number of hydrogen-bond donors (Lipinski definition) is 1. The summed E-state index contributed by atoms with van der Waals surface area (Å²) in [5, 5.41) is 8.93. The average Bonchev–Trinajstić information content (AvgIpc) is 2.80. The van der Waals surface area contributed by atoms with Gasteiger partial charge in [0.05, 0.1) is 31.5 Å². The summed E-state index contributed by atoms with van der Waals surface area (Å²) in [6.07, 6.45) is 0. The second-order valence-corrected chi connectivity index (χ2v) is 4.22. The van der Waals surface area contributed by atoms with Gasteiger partial charge in [-0.25, -0.2) is 9.78 Å². The van der Waals surface area contributed by atoms with Crippen molar-refractivity contribution in [1.29, 1.82) is 5.26 Å². The summed E-state index contributed by atoms with van der Waals surface area (Å²) in [5.41, 5.74) is 7.08. The minimum Gasteiger partial charge on any atom is -0.495 e. The summed E-state index contributed by atoms with van der Waals surface area (Å²) in [6.45, 7) is 1.71. The SMILES string of the molecule is COC(=O)c1nc(C)n(-c2ccc(C#N)cc2OC)c1N. The molecule has 0 bridgehead atoms. The van der Waals surface area contributed by atoms with E-state index >= 15 is 0 Å². The largest absolute Gasteiger partial charge is 0.495 e. The number of carbonyl (C=O) groups excluding carboxylic acids is 1. The van der Waals surface area contributed by atoms with Gasteiger partial charge in [-0.1, -0.05) is 0 Å². The second kappa shape index (κ2) is 5.54. The third-order valence-electron chi connectivity index (χ3n) is 3.01. The van der Waals surface area contributed by atoms with Gasteiger partial charge in [0.25, 0.3) is 0 Å². The fourth-order valence-corrected chi connectivity index (χ4v) is 2.03. The van der Waals surface area contributed by atoms with Gasteiger partial charge in [-0.05, 0) is 19.1 Å². The van der Waals surface area contributed by atoms with Gasteiger partial charge in [0.1, 0.15) is 17.4 Å². The smallest absolute Gasteiger partial charge is 0.360 e. The number of nitriles is 1. The molecule has 0 aliphatic heterocycles. The van der Waals surface area contributed by atoms with Crippen LogP contribution in [0.5, 0.6) is 5.75 Å². The van der Waals surface area contributed by atoms with Crippen molar-refractivity contribution in [3.63, 3.8) is 0 Å². The zero-order valence-electron chi connectivity index (χ0n) is 11.9. The van der Waals surface area contributed by atoms with E-state index in [4.69, 9.17) is 15.7 Å². The number of rotatable bonds is 3. The number of nitrogens with zero attached hydrogens (tertiary/aromatic N) is 3. The minimum atomic E-state index is -0.609. The van der Waals surface area contributed by atoms with Gasteiger partial charge in [-0.3, -0.25) is 4.57 Å². The molecule has 0 atom stereocenters. The first-order valence-corrected chi connectivity index (χ1v) is 6.05. The van der Waals surface area contributed by atoms with Gasteiger partial charge in [0.2, 0.25) is 0 Å². The zero-order valence-corrected chi connectivity index (χ0v) is 11.9. The van der Waals surface area contributed by atoms with Gasteiger partial charge < -0.3 is 15.2 Å². The number of nitrogen functional groups attached to an aromatic ring is 1. The lowest BCUT2D eigenvalue weighted by Gasteiger charge is -2.12. The Balaban J connectivity index is 2.65. The van der Waals surface area contributed by atoms with Crippen molar-refractivity contribution in [1.82, 2.24) is 9.55 Å². The van der Waals surface area contributed by atoms with Crippen molar-refractivity contribution in [3.8, 4) is 17.5 Å². The van der Waals surface area contributed by atoms with Crippen molar-refractivity contribution < 1.29 is 14.3 Å². The molecule has 2 N–H and O–H groups in total. The third-order valence-corrected chi connectivity index (χ3v) is 3.01. The highest BCUT2D eigenvalue weighted by Gasteiger charge is 2.21. The highest BCUT2D eigenvalue weighted by Crippen LogP contribution is 2.29. The van der Waals surface area contributed by atoms with E-state index in [1.807, 2.05) is 6.07 Å². The van der Waals surface area contributed by atoms with Gasteiger partial charge in [0.15, 0.2) is 5.69 Å². The topological polar surface area (TPSA) is 103 Å². The molecule has 0 spiro atoms. The fourth-order valence-electron chi connectivity index (χ4n) is 2.03. The molecule has 21 heavy (non-hydrogen) atoms. The maximum Gasteiger partial charge on any atom is 0.360 e. The normalized spacial score (nSPS) is 10.0. The molecule has 1 aromatic carbocycles. The Morgan fingerprint density at radius 1 is 1.43 bits per heavy atom. The number of ether oxygens (including phenoxy) is 2. The lowest BCUT2D eigenvalue weighted by molar-refractivity contribution is 0.0596. The van der Waals surface area contributed by atoms with Crippen LogP contribution in [0.4, 0.5) is 5.82 Å². The summed E-state index contributed by atoms with van der Waals surface area (Å²) in [4.78, 5) is 15.8.